The highest BCUT2D eigenvalue weighted by Crippen LogP contribution is 2.34. The number of benzene rings is 2. The molecule has 2 aromatic carbocycles. The number of phenols is 1. The Morgan fingerprint density at radius 3 is 2.75 bits per heavy atom. The number of para-hydroxylation sites is 1. The standard InChI is InChI=1S/C17H17BrN2O4/c1-2-23-15-9-12(8-14(18)17(15)22)10-19-20-16(21)11-24-13-6-4-3-5-7-13/h3-10,22H,2,11H2,1H3,(H,20,21). The number of carbonyl (C=O) groups is 1. The minimum absolute atomic E-state index is 0.0225. The number of carbonyl (C=O) groups excluding carboxylic acids is 1. The quantitative estimate of drug-likeness (QED) is 0.560. The van der Waals surface area contributed by atoms with Crippen molar-refractivity contribution in [2.24, 2.45) is 5.10 Å². The van der Waals surface area contributed by atoms with Gasteiger partial charge in [0.2, 0.25) is 0 Å². The predicted octanol–water partition coefficient (Wildman–Crippen LogP) is 3.08. The van der Waals surface area contributed by atoms with Gasteiger partial charge in [0.15, 0.2) is 18.1 Å². The van der Waals surface area contributed by atoms with Crippen LogP contribution in [0.5, 0.6) is 17.2 Å². The number of hydrazone groups is 1. The molecule has 0 fully saturated rings. The molecule has 6 nitrogen and oxygen atoms in total. The molecule has 0 atom stereocenters. The molecule has 0 aliphatic rings. The maximum atomic E-state index is 11.7. The number of halogens is 1. The smallest absolute Gasteiger partial charge is 0.277 e. The molecule has 7 heteroatoms. The lowest BCUT2D eigenvalue weighted by Gasteiger charge is -2.08. The highest BCUT2D eigenvalue weighted by Gasteiger charge is 2.08. The van der Waals surface area contributed by atoms with Gasteiger partial charge in [0.25, 0.3) is 5.91 Å². The van der Waals surface area contributed by atoms with Gasteiger partial charge in [-0.05, 0) is 52.7 Å². The molecule has 126 valence electrons. The van der Waals surface area contributed by atoms with Gasteiger partial charge in [-0.15, -0.1) is 0 Å². The summed E-state index contributed by atoms with van der Waals surface area (Å²) < 4.78 is 11.1. The van der Waals surface area contributed by atoms with Crippen LogP contribution in [-0.2, 0) is 4.79 Å². The fraction of sp³-hybridized carbons (Fsp3) is 0.176. The average molecular weight is 393 g/mol. The Balaban J connectivity index is 1.90. The van der Waals surface area contributed by atoms with Crippen LogP contribution in [0.1, 0.15) is 12.5 Å². The van der Waals surface area contributed by atoms with Gasteiger partial charge in [0, 0.05) is 0 Å². The second kappa shape index (κ2) is 8.93. The Hall–Kier alpha value is -2.54. The summed E-state index contributed by atoms with van der Waals surface area (Å²) in [5, 5.41) is 13.7. The minimum atomic E-state index is -0.377. The van der Waals surface area contributed by atoms with Crippen LogP contribution < -0.4 is 14.9 Å². The van der Waals surface area contributed by atoms with Crippen molar-refractivity contribution in [3.63, 3.8) is 0 Å². The van der Waals surface area contributed by atoms with Crippen LogP contribution >= 0.6 is 15.9 Å². The van der Waals surface area contributed by atoms with Gasteiger partial charge in [0.1, 0.15) is 5.75 Å². The first-order chi connectivity index (χ1) is 11.6. The van der Waals surface area contributed by atoms with Gasteiger partial charge in [-0.1, -0.05) is 18.2 Å². The molecule has 0 bridgehead atoms. The summed E-state index contributed by atoms with van der Waals surface area (Å²) in [4.78, 5) is 11.7. The van der Waals surface area contributed by atoms with Gasteiger partial charge >= 0.3 is 0 Å². The zero-order valence-electron chi connectivity index (χ0n) is 13.0. The van der Waals surface area contributed by atoms with E-state index in [-0.39, 0.29) is 18.3 Å². The fourth-order valence-electron chi connectivity index (χ4n) is 1.81. The Labute approximate surface area is 148 Å². The molecular formula is C17H17BrN2O4. The topological polar surface area (TPSA) is 80.2 Å². The lowest BCUT2D eigenvalue weighted by atomic mass is 10.2. The molecule has 0 radical (unpaired) electrons. The van der Waals surface area contributed by atoms with Crippen LogP contribution in [0.25, 0.3) is 0 Å². The van der Waals surface area contributed by atoms with Gasteiger partial charge in [-0.2, -0.15) is 5.10 Å². The van der Waals surface area contributed by atoms with E-state index in [4.69, 9.17) is 9.47 Å². The van der Waals surface area contributed by atoms with Crippen LogP contribution in [0.15, 0.2) is 52.0 Å². The number of hydrogen-bond acceptors (Lipinski definition) is 5. The third-order valence-electron chi connectivity index (χ3n) is 2.87. The van der Waals surface area contributed by atoms with E-state index in [1.54, 1.807) is 24.3 Å². The number of aromatic hydroxyl groups is 1. The lowest BCUT2D eigenvalue weighted by molar-refractivity contribution is -0.123. The van der Waals surface area contributed by atoms with Crippen molar-refractivity contribution in [2.75, 3.05) is 13.2 Å². The molecule has 0 aromatic heterocycles. The van der Waals surface area contributed by atoms with E-state index >= 15 is 0 Å². The molecular weight excluding hydrogens is 376 g/mol. The van der Waals surface area contributed by atoms with E-state index in [0.29, 0.717) is 28.1 Å². The third-order valence-corrected chi connectivity index (χ3v) is 3.47. The van der Waals surface area contributed by atoms with E-state index in [2.05, 4.69) is 26.5 Å². The Morgan fingerprint density at radius 1 is 1.29 bits per heavy atom. The highest BCUT2D eigenvalue weighted by molar-refractivity contribution is 9.10. The Morgan fingerprint density at radius 2 is 2.04 bits per heavy atom. The number of nitrogens with zero attached hydrogens (tertiary/aromatic N) is 1. The van der Waals surface area contributed by atoms with E-state index in [1.807, 2.05) is 25.1 Å². The van der Waals surface area contributed by atoms with Gasteiger partial charge in [0.05, 0.1) is 17.3 Å². The van der Waals surface area contributed by atoms with Gasteiger partial charge < -0.3 is 14.6 Å². The summed E-state index contributed by atoms with van der Waals surface area (Å²) in [7, 11) is 0. The SMILES string of the molecule is CCOc1cc(C=NNC(=O)COc2ccccc2)cc(Br)c1O. The van der Waals surface area contributed by atoms with Crippen molar-refractivity contribution in [1.29, 1.82) is 0 Å². The lowest BCUT2D eigenvalue weighted by Crippen LogP contribution is -2.24. The second-order valence-corrected chi connectivity index (χ2v) is 5.53. The Bertz CT molecular complexity index is 720. The molecule has 2 rings (SSSR count). The first-order valence-electron chi connectivity index (χ1n) is 7.25. The van der Waals surface area contributed by atoms with E-state index < -0.39 is 0 Å². The van der Waals surface area contributed by atoms with Crippen molar-refractivity contribution in [3.8, 4) is 17.2 Å². The summed E-state index contributed by atoms with van der Waals surface area (Å²) in [6.07, 6.45) is 1.45. The Kier molecular flexibility index (Phi) is 6.62. The normalized spacial score (nSPS) is 10.6. The van der Waals surface area contributed by atoms with Crippen molar-refractivity contribution < 1.29 is 19.4 Å². The number of phenolic OH excluding ortho intramolecular Hbond substituents is 1. The zero-order chi connectivity index (χ0) is 17.4. The summed E-state index contributed by atoms with van der Waals surface area (Å²) in [5.41, 5.74) is 3.03. The molecule has 0 spiro atoms. The maximum absolute atomic E-state index is 11.7. The number of ether oxygens (including phenoxy) is 2. The zero-order valence-corrected chi connectivity index (χ0v) is 14.6. The molecule has 0 aliphatic carbocycles. The fourth-order valence-corrected chi connectivity index (χ4v) is 2.27. The summed E-state index contributed by atoms with van der Waals surface area (Å²) in [6.45, 7) is 2.11. The van der Waals surface area contributed by atoms with Crippen LogP contribution in [-0.4, -0.2) is 30.4 Å². The van der Waals surface area contributed by atoms with Gasteiger partial charge in [-0.3, -0.25) is 4.79 Å². The van der Waals surface area contributed by atoms with Crippen LogP contribution in [0.2, 0.25) is 0 Å². The first-order valence-corrected chi connectivity index (χ1v) is 8.04. The summed E-state index contributed by atoms with van der Waals surface area (Å²) >= 11 is 3.24. The van der Waals surface area contributed by atoms with Crippen molar-refractivity contribution >= 4 is 28.1 Å². The largest absolute Gasteiger partial charge is 0.503 e. The molecule has 0 saturated carbocycles. The van der Waals surface area contributed by atoms with E-state index in [0.717, 1.165) is 0 Å². The molecule has 2 aromatic rings. The molecule has 0 heterocycles. The van der Waals surface area contributed by atoms with Crippen LogP contribution in [0.3, 0.4) is 0 Å². The van der Waals surface area contributed by atoms with E-state index in [9.17, 15) is 9.90 Å². The molecule has 1 amide bonds. The summed E-state index contributed by atoms with van der Waals surface area (Å²) in [5.74, 6) is 0.597. The van der Waals surface area contributed by atoms with Gasteiger partial charge in [-0.25, -0.2) is 5.43 Å². The van der Waals surface area contributed by atoms with Crippen molar-refractivity contribution in [3.05, 3.63) is 52.5 Å². The number of rotatable bonds is 7. The third kappa shape index (κ3) is 5.27. The monoisotopic (exact) mass is 392 g/mol. The molecule has 24 heavy (non-hydrogen) atoms. The van der Waals surface area contributed by atoms with E-state index in [1.165, 1.54) is 6.21 Å². The highest BCUT2D eigenvalue weighted by atomic mass is 79.9. The minimum Gasteiger partial charge on any atom is -0.503 e. The predicted molar refractivity (Wildman–Crippen MR) is 94.6 cm³/mol. The molecule has 0 saturated heterocycles. The first kappa shape index (κ1) is 17.8. The molecule has 2 N–H and O–H groups in total. The van der Waals surface area contributed by atoms with Crippen molar-refractivity contribution in [1.82, 2.24) is 5.43 Å². The summed E-state index contributed by atoms with van der Waals surface area (Å²) in [6, 6.07) is 12.3. The van der Waals surface area contributed by atoms with Crippen LogP contribution in [0.4, 0.5) is 0 Å². The average Bonchev–Trinajstić information content (AvgIpc) is 2.58. The molecule has 0 aliphatic heterocycles. The number of amides is 1. The molecule has 0 unspecified atom stereocenters. The van der Waals surface area contributed by atoms with Crippen LogP contribution in [0, 0.1) is 0 Å². The number of nitrogens with one attached hydrogen (secondary N) is 1. The maximum Gasteiger partial charge on any atom is 0.277 e. The van der Waals surface area contributed by atoms with Crippen molar-refractivity contribution in [2.45, 2.75) is 6.92 Å². The number of hydrogen-bond donors (Lipinski definition) is 2. The second-order valence-electron chi connectivity index (χ2n) is 4.68.